The summed E-state index contributed by atoms with van der Waals surface area (Å²) in [7, 11) is 0. The van der Waals surface area contributed by atoms with Crippen molar-refractivity contribution in [2.45, 2.75) is 6.92 Å². The Balaban J connectivity index is 2.64. The van der Waals surface area contributed by atoms with Crippen LogP contribution in [0.2, 0.25) is 5.02 Å². The predicted molar refractivity (Wildman–Crippen MR) is 53.3 cm³/mol. The Hall–Kier alpha value is -1.28. The van der Waals surface area contributed by atoms with Gasteiger partial charge in [0.1, 0.15) is 0 Å². The second-order valence-corrected chi connectivity index (χ2v) is 3.28. The third-order valence-corrected chi connectivity index (χ3v) is 2.26. The van der Waals surface area contributed by atoms with Crippen LogP contribution in [0, 0.1) is 6.92 Å². The number of benzene rings is 1. The second kappa shape index (κ2) is 3.23. The summed E-state index contributed by atoms with van der Waals surface area (Å²) in [5, 5.41) is 0.748. The fourth-order valence-corrected chi connectivity index (χ4v) is 1.66. The van der Waals surface area contributed by atoms with Crippen molar-refractivity contribution in [1.29, 1.82) is 0 Å². The first kappa shape index (κ1) is 8.32. The first-order chi connectivity index (χ1) is 6.29. The Morgan fingerprint density at radius 3 is 2.85 bits per heavy atom. The van der Waals surface area contributed by atoms with E-state index in [1.165, 1.54) is 0 Å². The molecule has 0 atom stereocenters. The van der Waals surface area contributed by atoms with Gasteiger partial charge in [0.2, 0.25) is 0 Å². The molecule has 1 heterocycles. The highest BCUT2D eigenvalue weighted by molar-refractivity contribution is 6.32. The van der Waals surface area contributed by atoms with E-state index in [0.29, 0.717) is 0 Å². The van der Waals surface area contributed by atoms with Gasteiger partial charge >= 0.3 is 0 Å². The van der Waals surface area contributed by atoms with Crippen LogP contribution >= 0.6 is 11.6 Å². The van der Waals surface area contributed by atoms with Crippen LogP contribution in [0.5, 0.6) is 0 Å². The molecule has 0 spiro atoms. The summed E-state index contributed by atoms with van der Waals surface area (Å²) in [6.07, 6.45) is 5.37. The van der Waals surface area contributed by atoms with Gasteiger partial charge in [0.25, 0.3) is 0 Å². The topological polar surface area (TPSA) is 17.8 Å². The minimum absolute atomic E-state index is 0.748. The molecule has 2 nitrogen and oxygen atoms in total. The van der Waals surface area contributed by atoms with E-state index in [0.717, 1.165) is 16.3 Å². The number of aryl methyl sites for hydroxylation is 1. The lowest BCUT2D eigenvalue weighted by atomic mass is 10.2. The van der Waals surface area contributed by atoms with Crippen molar-refractivity contribution in [3.8, 4) is 5.69 Å². The summed E-state index contributed by atoms with van der Waals surface area (Å²) >= 11 is 6.07. The molecule has 2 rings (SSSR count). The number of para-hydroxylation sites is 1. The normalized spacial score (nSPS) is 10.3. The largest absolute Gasteiger partial charge is 0.305 e. The molecule has 0 aliphatic rings. The molecule has 0 bridgehead atoms. The van der Waals surface area contributed by atoms with Crippen LogP contribution in [-0.2, 0) is 0 Å². The van der Waals surface area contributed by atoms with Gasteiger partial charge < -0.3 is 4.57 Å². The van der Waals surface area contributed by atoms with E-state index in [-0.39, 0.29) is 0 Å². The van der Waals surface area contributed by atoms with Crippen LogP contribution in [0.4, 0.5) is 0 Å². The smallest absolute Gasteiger partial charge is 0.0992 e. The monoisotopic (exact) mass is 192 g/mol. The van der Waals surface area contributed by atoms with E-state index >= 15 is 0 Å². The standard InChI is InChI=1S/C10H9ClN2/c1-8-3-2-4-9(11)10(8)13-6-5-12-7-13/h2-7H,1H3. The number of hydrogen-bond acceptors (Lipinski definition) is 1. The van der Waals surface area contributed by atoms with E-state index in [9.17, 15) is 0 Å². The van der Waals surface area contributed by atoms with E-state index in [4.69, 9.17) is 11.6 Å². The van der Waals surface area contributed by atoms with Crippen molar-refractivity contribution in [3.05, 3.63) is 47.5 Å². The van der Waals surface area contributed by atoms with Crippen LogP contribution in [0.25, 0.3) is 5.69 Å². The Bertz CT molecular complexity index is 387. The molecule has 0 fully saturated rings. The maximum atomic E-state index is 6.07. The van der Waals surface area contributed by atoms with E-state index < -0.39 is 0 Å². The van der Waals surface area contributed by atoms with Crippen molar-refractivity contribution >= 4 is 11.6 Å². The summed E-state index contributed by atoms with van der Waals surface area (Å²) in [6, 6.07) is 5.85. The molecule has 0 radical (unpaired) electrons. The number of halogens is 1. The molecule has 0 aliphatic heterocycles. The molecule has 0 unspecified atom stereocenters. The number of nitrogens with zero attached hydrogens (tertiary/aromatic N) is 2. The summed E-state index contributed by atoms with van der Waals surface area (Å²) in [5.41, 5.74) is 2.15. The van der Waals surface area contributed by atoms with Crippen LogP contribution in [0.1, 0.15) is 5.56 Å². The van der Waals surface area contributed by atoms with Gasteiger partial charge in [-0.1, -0.05) is 23.7 Å². The summed E-state index contributed by atoms with van der Waals surface area (Å²) in [5.74, 6) is 0. The predicted octanol–water partition coefficient (Wildman–Crippen LogP) is 2.83. The molecule has 3 heteroatoms. The summed E-state index contributed by atoms with van der Waals surface area (Å²) < 4.78 is 1.91. The van der Waals surface area contributed by atoms with Crippen molar-refractivity contribution in [1.82, 2.24) is 9.55 Å². The van der Waals surface area contributed by atoms with Crippen LogP contribution in [0.3, 0.4) is 0 Å². The Morgan fingerprint density at radius 2 is 2.23 bits per heavy atom. The molecule has 0 amide bonds. The van der Waals surface area contributed by atoms with Gasteiger partial charge in [0.05, 0.1) is 17.0 Å². The van der Waals surface area contributed by atoms with E-state index in [2.05, 4.69) is 4.98 Å². The molecule has 0 saturated heterocycles. The Labute approximate surface area is 81.8 Å². The number of rotatable bonds is 1. The van der Waals surface area contributed by atoms with Gasteiger partial charge in [-0.25, -0.2) is 4.98 Å². The first-order valence-corrected chi connectivity index (χ1v) is 4.40. The van der Waals surface area contributed by atoms with Crippen molar-refractivity contribution in [2.75, 3.05) is 0 Å². The number of aromatic nitrogens is 2. The molecule has 66 valence electrons. The van der Waals surface area contributed by atoms with Crippen molar-refractivity contribution < 1.29 is 0 Å². The molecule has 1 aromatic heterocycles. The highest BCUT2D eigenvalue weighted by Crippen LogP contribution is 2.23. The molecule has 0 saturated carbocycles. The average molecular weight is 193 g/mol. The lowest BCUT2D eigenvalue weighted by molar-refractivity contribution is 1.04. The molecular formula is C10H9ClN2. The van der Waals surface area contributed by atoms with Crippen molar-refractivity contribution in [3.63, 3.8) is 0 Å². The Kier molecular flexibility index (Phi) is 2.07. The molecule has 0 aliphatic carbocycles. The van der Waals surface area contributed by atoms with E-state index in [1.54, 1.807) is 12.5 Å². The minimum atomic E-state index is 0.748. The van der Waals surface area contributed by atoms with Crippen LogP contribution in [-0.4, -0.2) is 9.55 Å². The number of imidazole rings is 1. The third-order valence-electron chi connectivity index (χ3n) is 1.95. The van der Waals surface area contributed by atoms with Crippen LogP contribution < -0.4 is 0 Å². The lowest BCUT2D eigenvalue weighted by Gasteiger charge is -2.07. The SMILES string of the molecule is Cc1cccc(Cl)c1-n1ccnc1. The van der Waals surface area contributed by atoms with Gasteiger partial charge in [-0.3, -0.25) is 0 Å². The highest BCUT2D eigenvalue weighted by atomic mass is 35.5. The van der Waals surface area contributed by atoms with Crippen LogP contribution in [0.15, 0.2) is 36.9 Å². The van der Waals surface area contributed by atoms with Gasteiger partial charge in [-0.05, 0) is 18.6 Å². The lowest BCUT2D eigenvalue weighted by Crippen LogP contribution is -1.94. The third kappa shape index (κ3) is 1.45. The zero-order valence-corrected chi connectivity index (χ0v) is 7.99. The van der Waals surface area contributed by atoms with Crippen molar-refractivity contribution in [2.24, 2.45) is 0 Å². The maximum absolute atomic E-state index is 6.07. The zero-order chi connectivity index (χ0) is 9.26. The highest BCUT2D eigenvalue weighted by Gasteiger charge is 2.04. The fraction of sp³-hybridized carbons (Fsp3) is 0.100. The second-order valence-electron chi connectivity index (χ2n) is 2.88. The maximum Gasteiger partial charge on any atom is 0.0992 e. The number of hydrogen-bond donors (Lipinski definition) is 0. The zero-order valence-electron chi connectivity index (χ0n) is 7.24. The molecular weight excluding hydrogens is 184 g/mol. The first-order valence-electron chi connectivity index (χ1n) is 4.02. The molecule has 0 N–H and O–H groups in total. The van der Waals surface area contributed by atoms with E-state index in [1.807, 2.05) is 35.9 Å². The molecule has 2 aromatic rings. The average Bonchev–Trinajstić information content (AvgIpc) is 2.57. The fourth-order valence-electron chi connectivity index (χ4n) is 1.34. The van der Waals surface area contributed by atoms with Gasteiger partial charge in [0.15, 0.2) is 0 Å². The quantitative estimate of drug-likeness (QED) is 0.680. The van der Waals surface area contributed by atoms with Gasteiger partial charge in [-0.15, -0.1) is 0 Å². The molecule has 1 aromatic carbocycles. The van der Waals surface area contributed by atoms with Gasteiger partial charge in [0, 0.05) is 12.4 Å². The summed E-state index contributed by atoms with van der Waals surface area (Å²) in [6.45, 7) is 2.03. The molecule has 13 heavy (non-hydrogen) atoms. The summed E-state index contributed by atoms with van der Waals surface area (Å²) in [4.78, 5) is 3.99. The Morgan fingerprint density at radius 1 is 1.38 bits per heavy atom. The van der Waals surface area contributed by atoms with Gasteiger partial charge in [-0.2, -0.15) is 0 Å². The minimum Gasteiger partial charge on any atom is -0.305 e.